The van der Waals surface area contributed by atoms with Crippen LogP contribution in [0.2, 0.25) is 0 Å². The van der Waals surface area contributed by atoms with Crippen molar-refractivity contribution in [1.29, 1.82) is 0 Å². The van der Waals surface area contributed by atoms with Crippen LogP contribution in [0, 0.1) is 0 Å². The van der Waals surface area contributed by atoms with E-state index >= 15 is 0 Å². The highest BCUT2D eigenvalue weighted by Gasteiger charge is 2.24. The van der Waals surface area contributed by atoms with Gasteiger partial charge in [0.15, 0.2) is 0 Å². The van der Waals surface area contributed by atoms with E-state index in [0.29, 0.717) is 13.0 Å². The third-order valence-corrected chi connectivity index (χ3v) is 3.94. The number of hydrogen-bond acceptors (Lipinski definition) is 6. The lowest BCUT2D eigenvalue weighted by Gasteiger charge is -2.30. The van der Waals surface area contributed by atoms with E-state index in [1.165, 1.54) is 0 Å². The third kappa shape index (κ3) is 7.74. The summed E-state index contributed by atoms with van der Waals surface area (Å²) in [5, 5.41) is 20.6. The SMILES string of the molecule is CCC(NC(=O)C(C)NC)[C@@H](O)CN(CC)NC(=O)C(C)NC. The van der Waals surface area contributed by atoms with Crippen LogP contribution in [0.5, 0.6) is 0 Å². The first-order valence-electron chi connectivity index (χ1n) is 8.18. The van der Waals surface area contributed by atoms with Crippen molar-refractivity contribution in [2.24, 2.45) is 0 Å². The van der Waals surface area contributed by atoms with Gasteiger partial charge < -0.3 is 21.1 Å². The summed E-state index contributed by atoms with van der Waals surface area (Å²) in [6.07, 6.45) is -0.181. The zero-order valence-electron chi connectivity index (χ0n) is 15.1. The Kier molecular flexibility index (Phi) is 10.7. The van der Waals surface area contributed by atoms with Gasteiger partial charge in [0, 0.05) is 13.1 Å². The van der Waals surface area contributed by atoms with Crippen molar-refractivity contribution >= 4 is 11.8 Å². The predicted octanol–water partition coefficient (Wildman–Crippen LogP) is -1.19. The van der Waals surface area contributed by atoms with Gasteiger partial charge in [-0.05, 0) is 34.4 Å². The van der Waals surface area contributed by atoms with E-state index in [9.17, 15) is 14.7 Å². The topological polar surface area (TPSA) is 106 Å². The Hall–Kier alpha value is -1.22. The van der Waals surface area contributed by atoms with Crippen LogP contribution in [0.15, 0.2) is 0 Å². The van der Waals surface area contributed by atoms with Gasteiger partial charge in [0.05, 0.1) is 24.2 Å². The summed E-state index contributed by atoms with van der Waals surface area (Å²) in [7, 11) is 3.42. The number of carbonyl (C=O) groups excluding carboxylic acids is 2. The molecule has 0 aromatic heterocycles. The molecule has 0 heterocycles. The second-order valence-electron chi connectivity index (χ2n) is 5.63. The fraction of sp³-hybridized carbons (Fsp3) is 0.867. The van der Waals surface area contributed by atoms with Gasteiger partial charge in [0.2, 0.25) is 5.91 Å². The maximum atomic E-state index is 11.9. The van der Waals surface area contributed by atoms with Crippen molar-refractivity contribution in [3.63, 3.8) is 0 Å². The van der Waals surface area contributed by atoms with Gasteiger partial charge in [0.1, 0.15) is 0 Å². The molecule has 0 radical (unpaired) electrons. The number of aliphatic hydroxyl groups excluding tert-OH is 1. The first-order valence-corrected chi connectivity index (χ1v) is 8.18. The number of rotatable bonds is 11. The average molecular weight is 331 g/mol. The van der Waals surface area contributed by atoms with Crippen LogP contribution >= 0.6 is 0 Å². The predicted molar refractivity (Wildman–Crippen MR) is 90.7 cm³/mol. The Morgan fingerprint density at radius 2 is 1.57 bits per heavy atom. The number of nitrogens with one attached hydrogen (secondary N) is 4. The van der Waals surface area contributed by atoms with Gasteiger partial charge in [-0.1, -0.05) is 13.8 Å². The first-order chi connectivity index (χ1) is 10.8. The molecule has 4 atom stereocenters. The Bertz CT molecular complexity index is 367. The van der Waals surface area contributed by atoms with Crippen molar-refractivity contribution in [1.82, 2.24) is 26.4 Å². The van der Waals surface area contributed by atoms with E-state index in [2.05, 4.69) is 21.4 Å². The Morgan fingerprint density at radius 1 is 1.04 bits per heavy atom. The van der Waals surface area contributed by atoms with Crippen molar-refractivity contribution in [2.45, 2.75) is 58.3 Å². The van der Waals surface area contributed by atoms with Gasteiger partial charge in [-0.2, -0.15) is 0 Å². The van der Waals surface area contributed by atoms with E-state index in [0.717, 1.165) is 0 Å². The highest BCUT2D eigenvalue weighted by atomic mass is 16.3. The van der Waals surface area contributed by atoms with Crippen LogP contribution in [0.1, 0.15) is 34.1 Å². The normalized spacial score (nSPS) is 16.5. The average Bonchev–Trinajstić information content (AvgIpc) is 2.56. The van der Waals surface area contributed by atoms with E-state index < -0.39 is 6.10 Å². The van der Waals surface area contributed by atoms with E-state index in [1.807, 2.05) is 13.8 Å². The summed E-state index contributed by atoms with van der Waals surface area (Å²) < 4.78 is 0. The van der Waals surface area contributed by atoms with Crippen LogP contribution in [-0.4, -0.2) is 73.3 Å². The molecule has 2 amide bonds. The molecule has 0 bridgehead atoms. The largest absolute Gasteiger partial charge is 0.390 e. The number of hydrazine groups is 1. The summed E-state index contributed by atoms with van der Waals surface area (Å²) in [5.41, 5.74) is 2.76. The number of likely N-dealkylation sites (N-methyl/N-ethyl adjacent to an activating group) is 3. The number of amides is 2. The van der Waals surface area contributed by atoms with Gasteiger partial charge in [-0.25, -0.2) is 5.01 Å². The molecule has 0 rings (SSSR count). The molecule has 0 spiro atoms. The van der Waals surface area contributed by atoms with Crippen molar-refractivity contribution in [2.75, 3.05) is 27.2 Å². The summed E-state index contributed by atoms with van der Waals surface area (Å²) in [6.45, 7) is 8.09. The van der Waals surface area contributed by atoms with Gasteiger partial charge in [-0.3, -0.25) is 15.0 Å². The van der Waals surface area contributed by atoms with Crippen LogP contribution in [0.3, 0.4) is 0 Å². The minimum Gasteiger partial charge on any atom is -0.390 e. The van der Waals surface area contributed by atoms with Gasteiger partial charge in [-0.15, -0.1) is 0 Å². The maximum absolute atomic E-state index is 11.9. The first kappa shape index (κ1) is 21.8. The second-order valence-corrected chi connectivity index (χ2v) is 5.63. The molecule has 8 heteroatoms. The van der Waals surface area contributed by atoms with Crippen LogP contribution < -0.4 is 21.4 Å². The molecular weight excluding hydrogens is 298 g/mol. The summed E-state index contributed by atoms with van der Waals surface area (Å²) >= 11 is 0. The Labute approximate surface area is 139 Å². The molecule has 0 saturated carbocycles. The molecule has 3 unspecified atom stereocenters. The zero-order valence-corrected chi connectivity index (χ0v) is 15.1. The van der Waals surface area contributed by atoms with Crippen molar-refractivity contribution in [3.8, 4) is 0 Å². The van der Waals surface area contributed by atoms with Crippen LogP contribution in [-0.2, 0) is 9.59 Å². The molecular formula is C15H33N5O3. The number of hydrogen-bond donors (Lipinski definition) is 5. The molecule has 0 fully saturated rings. The molecule has 136 valence electrons. The lowest BCUT2D eigenvalue weighted by Crippen LogP contribution is -2.56. The minimum absolute atomic E-state index is 0.158. The monoisotopic (exact) mass is 331 g/mol. The fourth-order valence-corrected chi connectivity index (χ4v) is 1.90. The van der Waals surface area contributed by atoms with Crippen LogP contribution in [0.25, 0.3) is 0 Å². The standard InChI is InChI=1S/C15H33N5O3/c1-7-12(18-14(22)10(3)16-5)13(21)9-20(8-2)19-15(23)11(4)17-6/h10-13,16-17,21H,7-9H2,1-6H3,(H,18,22)(H,19,23)/t10?,11?,12?,13-/m0/s1. The molecule has 0 aliphatic heterocycles. The molecule has 8 nitrogen and oxygen atoms in total. The summed E-state index contributed by atoms with van der Waals surface area (Å²) in [6, 6.07) is -1.01. The molecule has 0 aliphatic carbocycles. The molecule has 23 heavy (non-hydrogen) atoms. The maximum Gasteiger partial charge on any atom is 0.251 e. The van der Waals surface area contributed by atoms with Crippen molar-refractivity contribution < 1.29 is 14.7 Å². The van der Waals surface area contributed by atoms with E-state index in [1.54, 1.807) is 33.0 Å². The number of aliphatic hydroxyl groups is 1. The lowest BCUT2D eigenvalue weighted by molar-refractivity contribution is -0.129. The van der Waals surface area contributed by atoms with Gasteiger partial charge in [0.25, 0.3) is 5.91 Å². The Balaban J connectivity index is 4.61. The summed E-state index contributed by atoms with van der Waals surface area (Å²) in [4.78, 5) is 23.8. The molecule has 5 N–H and O–H groups in total. The van der Waals surface area contributed by atoms with Crippen molar-refractivity contribution in [3.05, 3.63) is 0 Å². The Morgan fingerprint density at radius 3 is 2.00 bits per heavy atom. The van der Waals surface area contributed by atoms with Crippen LogP contribution in [0.4, 0.5) is 0 Å². The molecule has 0 aromatic rings. The van der Waals surface area contributed by atoms with Gasteiger partial charge >= 0.3 is 0 Å². The summed E-state index contributed by atoms with van der Waals surface area (Å²) in [5.74, 6) is -0.322. The number of carbonyl (C=O) groups is 2. The quantitative estimate of drug-likeness (QED) is 0.305. The fourth-order valence-electron chi connectivity index (χ4n) is 1.90. The minimum atomic E-state index is -0.779. The highest BCUT2D eigenvalue weighted by Crippen LogP contribution is 2.02. The van der Waals surface area contributed by atoms with E-state index in [-0.39, 0.29) is 36.5 Å². The molecule has 0 aliphatic rings. The number of nitrogens with zero attached hydrogens (tertiary/aromatic N) is 1. The molecule has 0 aromatic carbocycles. The highest BCUT2D eigenvalue weighted by molar-refractivity contribution is 5.81. The lowest BCUT2D eigenvalue weighted by atomic mass is 10.1. The smallest absolute Gasteiger partial charge is 0.251 e. The third-order valence-electron chi connectivity index (χ3n) is 3.94. The second kappa shape index (κ2) is 11.3. The zero-order chi connectivity index (χ0) is 18.0. The van der Waals surface area contributed by atoms with E-state index in [4.69, 9.17) is 0 Å². The molecule has 0 saturated heterocycles.